The van der Waals surface area contributed by atoms with Crippen LogP contribution in [0.5, 0.6) is 0 Å². The molecule has 0 aliphatic rings. The van der Waals surface area contributed by atoms with Crippen molar-refractivity contribution in [1.82, 2.24) is 0 Å². The predicted molar refractivity (Wildman–Crippen MR) is 114 cm³/mol. The molecule has 0 atom stereocenters. The third-order valence-corrected chi connectivity index (χ3v) is 5.00. The monoisotopic (exact) mass is 366 g/mol. The number of esters is 1. The summed E-state index contributed by atoms with van der Waals surface area (Å²) < 4.78 is 5.16. The molecule has 0 saturated heterocycles. The summed E-state index contributed by atoms with van der Waals surface area (Å²) in [5.74, 6) is -0.0714. The van der Waals surface area contributed by atoms with Crippen molar-refractivity contribution in [3.05, 3.63) is 12.3 Å². The van der Waals surface area contributed by atoms with Gasteiger partial charge in [0.2, 0.25) is 0 Å². The molecule has 2 nitrogen and oxygen atoms in total. The van der Waals surface area contributed by atoms with Crippen LogP contribution in [0.4, 0.5) is 0 Å². The van der Waals surface area contributed by atoms with E-state index in [2.05, 4.69) is 13.8 Å². The van der Waals surface area contributed by atoms with Crippen LogP contribution in [0.3, 0.4) is 0 Å². The van der Waals surface area contributed by atoms with Gasteiger partial charge in [-0.2, -0.15) is 0 Å². The molecule has 26 heavy (non-hydrogen) atoms. The molecule has 0 N–H and O–H groups in total. The van der Waals surface area contributed by atoms with Gasteiger partial charge in [0.05, 0.1) is 6.26 Å². The smallest absolute Gasteiger partial charge is 0.310 e. The first kappa shape index (κ1) is 25.2. The topological polar surface area (TPSA) is 26.3 Å². The van der Waals surface area contributed by atoms with Crippen molar-refractivity contribution in [1.29, 1.82) is 0 Å². The molecule has 0 rings (SSSR count). The van der Waals surface area contributed by atoms with Gasteiger partial charge in [0, 0.05) is 6.42 Å². The number of hydrogen-bond acceptors (Lipinski definition) is 2. The van der Waals surface area contributed by atoms with Gasteiger partial charge in [-0.1, -0.05) is 110 Å². The Balaban J connectivity index is 3.23. The molecule has 0 radical (unpaired) electrons. The number of ether oxygens (including phenoxy) is 1. The lowest BCUT2D eigenvalue weighted by Gasteiger charge is -2.02. The molecule has 0 fully saturated rings. The third kappa shape index (κ3) is 21.3. The molecule has 0 unspecified atom stereocenters. The fourth-order valence-corrected chi connectivity index (χ4v) is 3.23. The minimum Gasteiger partial charge on any atom is -0.435 e. The largest absolute Gasteiger partial charge is 0.435 e. The van der Waals surface area contributed by atoms with Crippen LogP contribution in [0.15, 0.2) is 12.3 Å². The van der Waals surface area contributed by atoms with Gasteiger partial charge in [0.1, 0.15) is 0 Å². The van der Waals surface area contributed by atoms with E-state index in [9.17, 15) is 4.79 Å². The highest BCUT2D eigenvalue weighted by molar-refractivity contribution is 5.69. The van der Waals surface area contributed by atoms with Gasteiger partial charge in [-0.25, -0.2) is 0 Å². The van der Waals surface area contributed by atoms with Crippen LogP contribution in [0.25, 0.3) is 0 Å². The molecule has 154 valence electrons. The van der Waals surface area contributed by atoms with Crippen molar-refractivity contribution in [2.24, 2.45) is 0 Å². The lowest BCUT2D eigenvalue weighted by molar-refractivity contribution is -0.138. The van der Waals surface area contributed by atoms with E-state index in [1.54, 1.807) is 6.26 Å². The summed E-state index contributed by atoms with van der Waals surface area (Å²) in [4.78, 5) is 11.6. The Hall–Kier alpha value is -0.790. The highest BCUT2D eigenvalue weighted by Crippen LogP contribution is 2.12. The van der Waals surface area contributed by atoms with Crippen LogP contribution >= 0.6 is 0 Å². The summed E-state index contributed by atoms with van der Waals surface area (Å²) in [5, 5.41) is 0. The molecular weight excluding hydrogens is 320 g/mol. The lowest BCUT2D eigenvalue weighted by atomic mass is 10.1. The quantitative estimate of drug-likeness (QED) is 0.123. The zero-order chi connectivity index (χ0) is 19.1. The van der Waals surface area contributed by atoms with Crippen LogP contribution < -0.4 is 0 Å². The second-order valence-electron chi connectivity index (χ2n) is 7.70. The SMILES string of the molecule is CCCCCCCCCCCC/C=C/OC(=O)CCCCCCCCC. The van der Waals surface area contributed by atoms with Crippen molar-refractivity contribution in [3.8, 4) is 0 Å². The Labute approximate surface area is 164 Å². The molecule has 0 aromatic rings. The number of carbonyl (C=O) groups is 1. The normalized spacial score (nSPS) is 11.3. The summed E-state index contributed by atoms with van der Waals surface area (Å²) in [6.45, 7) is 4.51. The van der Waals surface area contributed by atoms with E-state index in [4.69, 9.17) is 4.74 Å². The summed E-state index contributed by atoms with van der Waals surface area (Å²) >= 11 is 0. The van der Waals surface area contributed by atoms with E-state index in [-0.39, 0.29) is 5.97 Å². The van der Waals surface area contributed by atoms with Gasteiger partial charge >= 0.3 is 5.97 Å². The summed E-state index contributed by atoms with van der Waals surface area (Å²) in [6, 6.07) is 0. The van der Waals surface area contributed by atoms with E-state index in [1.807, 2.05) is 6.08 Å². The zero-order valence-electron chi connectivity index (χ0n) is 17.9. The Kier molecular flexibility index (Phi) is 21.6. The Morgan fingerprint density at radius 1 is 0.615 bits per heavy atom. The number of rotatable bonds is 20. The van der Waals surface area contributed by atoms with Crippen LogP contribution in [0, 0.1) is 0 Å². The van der Waals surface area contributed by atoms with Crippen LogP contribution in [-0.2, 0) is 9.53 Å². The molecule has 0 spiro atoms. The molecule has 0 amide bonds. The Morgan fingerprint density at radius 2 is 1.04 bits per heavy atom. The first-order chi connectivity index (χ1) is 12.8. The standard InChI is InChI=1S/C24H46O2/c1-3-5-7-9-11-12-13-14-15-17-19-21-23-26-24(25)22-20-18-16-10-8-6-4-2/h21,23H,3-20,22H2,1-2H3/b23-21+. The predicted octanol–water partition coefficient (Wildman–Crippen LogP) is 8.50. The maximum atomic E-state index is 11.6. The van der Waals surface area contributed by atoms with E-state index >= 15 is 0 Å². The van der Waals surface area contributed by atoms with Crippen molar-refractivity contribution in [2.75, 3.05) is 0 Å². The molecular formula is C24H46O2. The second-order valence-corrected chi connectivity index (χ2v) is 7.70. The van der Waals surface area contributed by atoms with Crippen molar-refractivity contribution in [2.45, 2.75) is 136 Å². The first-order valence-corrected chi connectivity index (χ1v) is 11.7. The van der Waals surface area contributed by atoms with Crippen molar-refractivity contribution in [3.63, 3.8) is 0 Å². The highest BCUT2D eigenvalue weighted by atomic mass is 16.5. The van der Waals surface area contributed by atoms with E-state index < -0.39 is 0 Å². The molecule has 0 aliphatic carbocycles. The van der Waals surface area contributed by atoms with E-state index in [0.29, 0.717) is 6.42 Å². The van der Waals surface area contributed by atoms with Crippen LogP contribution in [-0.4, -0.2) is 5.97 Å². The van der Waals surface area contributed by atoms with Gasteiger partial charge < -0.3 is 4.74 Å². The molecule has 0 bridgehead atoms. The fourth-order valence-electron chi connectivity index (χ4n) is 3.23. The minimum atomic E-state index is -0.0714. The number of carbonyl (C=O) groups excluding carboxylic acids is 1. The fraction of sp³-hybridized carbons (Fsp3) is 0.875. The number of hydrogen-bond donors (Lipinski definition) is 0. The third-order valence-electron chi connectivity index (χ3n) is 5.00. The Bertz CT molecular complexity index is 309. The summed E-state index contributed by atoms with van der Waals surface area (Å²) in [5.41, 5.74) is 0. The molecule has 0 aromatic heterocycles. The molecule has 0 heterocycles. The average molecular weight is 367 g/mol. The van der Waals surface area contributed by atoms with Gasteiger partial charge in [0.25, 0.3) is 0 Å². The van der Waals surface area contributed by atoms with Gasteiger partial charge in [0.15, 0.2) is 0 Å². The van der Waals surface area contributed by atoms with Crippen LogP contribution in [0.1, 0.15) is 136 Å². The van der Waals surface area contributed by atoms with Gasteiger partial charge in [-0.3, -0.25) is 4.79 Å². The maximum absolute atomic E-state index is 11.6. The van der Waals surface area contributed by atoms with E-state index in [1.165, 1.54) is 96.3 Å². The lowest BCUT2D eigenvalue weighted by Crippen LogP contribution is -1.98. The van der Waals surface area contributed by atoms with E-state index in [0.717, 1.165) is 19.3 Å². The Morgan fingerprint density at radius 3 is 1.54 bits per heavy atom. The van der Waals surface area contributed by atoms with Crippen molar-refractivity contribution >= 4 is 5.97 Å². The summed E-state index contributed by atoms with van der Waals surface area (Å²) in [7, 11) is 0. The average Bonchev–Trinajstić information content (AvgIpc) is 2.64. The van der Waals surface area contributed by atoms with Gasteiger partial charge in [-0.15, -0.1) is 0 Å². The molecule has 2 heteroatoms. The van der Waals surface area contributed by atoms with Crippen LogP contribution in [0.2, 0.25) is 0 Å². The molecule has 0 aromatic carbocycles. The van der Waals surface area contributed by atoms with Crippen molar-refractivity contribution < 1.29 is 9.53 Å². The molecule has 0 aliphatic heterocycles. The zero-order valence-corrected chi connectivity index (χ0v) is 17.9. The molecule has 0 saturated carbocycles. The number of allylic oxidation sites excluding steroid dienone is 1. The second kappa shape index (κ2) is 22.3. The summed E-state index contributed by atoms with van der Waals surface area (Å²) in [6.07, 6.45) is 27.5. The highest BCUT2D eigenvalue weighted by Gasteiger charge is 2.00. The van der Waals surface area contributed by atoms with Gasteiger partial charge in [-0.05, 0) is 25.3 Å². The first-order valence-electron chi connectivity index (χ1n) is 11.7. The number of unbranched alkanes of at least 4 members (excludes halogenated alkanes) is 16. The minimum absolute atomic E-state index is 0.0714. The maximum Gasteiger partial charge on any atom is 0.310 e.